The highest BCUT2D eigenvalue weighted by molar-refractivity contribution is 9.10. The van der Waals surface area contributed by atoms with E-state index in [1.165, 1.54) is 10.7 Å². The molecule has 0 fully saturated rings. The molecule has 0 unspecified atom stereocenters. The first-order valence-electron chi connectivity index (χ1n) is 4.67. The summed E-state index contributed by atoms with van der Waals surface area (Å²) in [5.74, 6) is 0. The lowest BCUT2D eigenvalue weighted by Crippen LogP contribution is -2.05. The molecule has 0 atom stereocenters. The fraction of sp³-hybridized carbons (Fsp3) is 0.300. The van der Waals surface area contributed by atoms with Gasteiger partial charge in [0.2, 0.25) is 0 Å². The zero-order valence-corrected chi connectivity index (χ0v) is 9.93. The number of nitrogens with zero attached hydrogens (tertiary/aromatic N) is 2. The Morgan fingerprint density at radius 3 is 2.62 bits per heavy atom. The van der Waals surface area contributed by atoms with E-state index in [4.69, 9.17) is 0 Å². The zero-order chi connectivity index (χ0) is 11.9. The van der Waals surface area contributed by atoms with Gasteiger partial charge in [0.25, 0.3) is 0 Å². The van der Waals surface area contributed by atoms with E-state index in [0.29, 0.717) is 12.1 Å². The minimum Gasteiger partial charge on any atom is -0.264 e. The molecule has 16 heavy (non-hydrogen) atoms. The Labute approximate surface area is 98.2 Å². The number of aromatic nitrogens is 2. The minimum absolute atomic E-state index is 0.122. The van der Waals surface area contributed by atoms with Gasteiger partial charge in [0.15, 0.2) is 0 Å². The predicted octanol–water partition coefficient (Wildman–Crippen LogP) is 3.84. The molecule has 0 bridgehead atoms. The molecule has 1 aromatic heterocycles. The summed E-state index contributed by atoms with van der Waals surface area (Å²) in [6, 6.07) is 4.09. The van der Waals surface area contributed by atoms with Gasteiger partial charge in [-0.1, -0.05) is 6.07 Å². The van der Waals surface area contributed by atoms with E-state index in [1.54, 1.807) is 6.07 Å². The van der Waals surface area contributed by atoms with E-state index in [1.807, 2.05) is 6.92 Å². The molecule has 1 aromatic carbocycles. The van der Waals surface area contributed by atoms with Gasteiger partial charge in [-0.05, 0) is 35.0 Å². The van der Waals surface area contributed by atoms with Gasteiger partial charge in [0.05, 0.1) is 11.1 Å². The summed E-state index contributed by atoms with van der Waals surface area (Å²) in [5, 5.41) is 4.14. The zero-order valence-electron chi connectivity index (χ0n) is 8.35. The summed E-state index contributed by atoms with van der Waals surface area (Å²) in [5.41, 5.74) is -0.166. The second-order valence-electron chi connectivity index (χ2n) is 3.30. The van der Waals surface area contributed by atoms with E-state index in [9.17, 15) is 13.2 Å². The van der Waals surface area contributed by atoms with Gasteiger partial charge in [-0.15, -0.1) is 0 Å². The van der Waals surface area contributed by atoms with Gasteiger partial charge in [-0.3, -0.25) is 4.68 Å². The van der Waals surface area contributed by atoms with Crippen LogP contribution < -0.4 is 0 Å². The van der Waals surface area contributed by atoms with Crippen molar-refractivity contribution in [3.8, 4) is 0 Å². The first kappa shape index (κ1) is 11.4. The van der Waals surface area contributed by atoms with Gasteiger partial charge in [0, 0.05) is 11.9 Å². The number of halogens is 4. The van der Waals surface area contributed by atoms with Gasteiger partial charge in [-0.2, -0.15) is 18.3 Å². The maximum Gasteiger partial charge on any atom is 0.417 e. The van der Waals surface area contributed by atoms with Crippen LogP contribution in [-0.2, 0) is 12.7 Å². The summed E-state index contributed by atoms with van der Waals surface area (Å²) < 4.78 is 40.0. The Balaban J connectivity index is 2.83. The summed E-state index contributed by atoms with van der Waals surface area (Å²) in [7, 11) is 0. The van der Waals surface area contributed by atoms with Crippen LogP contribution >= 0.6 is 15.9 Å². The lowest BCUT2D eigenvalue weighted by atomic mass is 10.1. The summed E-state index contributed by atoms with van der Waals surface area (Å²) >= 11 is 3.07. The number of hydrogen-bond donors (Lipinski definition) is 0. The van der Waals surface area contributed by atoms with Crippen LogP contribution in [-0.4, -0.2) is 9.78 Å². The smallest absolute Gasteiger partial charge is 0.264 e. The Kier molecular flexibility index (Phi) is 2.69. The maximum absolute atomic E-state index is 12.8. The van der Waals surface area contributed by atoms with E-state index < -0.39 is 11.7 Å². The molecule has 0 saturated heterocycles. The van der Waals surface area contributed by atoms with Crippen LogP contribution in [0.4, 0.5) is 13.2 Å². The number of hydrogen-bond acceptors (Lipinski definition) is 1. The number of rotatable bonds is 1. The molecule has 0 spiro atoms. The van der Waals surface area contributed by atoms with Crippen LogP contribution in [0.15, 0.2) is 22.8 Å². The Morgan fingerprint density at radius 1 is 1.38 bits per heavy atom. The Morgan fingerprint density at radius 2 is 2.06 bits per heavy atom. The Hall–Kier alpha value is -1.04. The molecule has 0 amide bonds. The average molecular weight is 293 g/mol. The summed E-state index contributed by atoms with van der Waals surface area (Å²) in [6.45, 7) is 2.36. The van der Waals surface area contributed by atoms with Crippen molar-refractivity contribution in [3.05, 3.63) is 28.4 Å². The first-order valence-corrected chi connectivity index (χ1v) is 5.46. The van der Waals surface area contributed by atoms with Crippen LogP contribution in [0.3, 0.4) is 0 Å². The topological polar surface area (TPSA) is 17.8 Å². The fourth-order valence-corrected chi connectivity index (χ4v) is 2.27. The largest absolute Gasteiger partial charge is 0.417 e. The monoisotopic (exact) mass is 292 g/mol. The quantitative estimate of drug-likeness (QED) is 0.781. The van der Waals surface area contributed by atoms with Crippen molar-refractivity contribution in [2.45, 2.75) is 19.6 Å². The second-order valence-corrected chi connectivity index (χ2v) is 4.06. The predicted molar refractivity (Wildman–Crippen MR) is 58.1 cm³/mol. The lowest BCUT2D eigenvalue weighted by molar-refractivity contribution is -0.136. The third-order valence-electron chi connectivity index (χ3n) is 2.34. The SMILES string of the molecule is CCn1nc(Br)c2c(C(F)(F)F)cccc21. The van der Waals surface area contributed by atoms with E-state index in [2.05, 4.69) is 21.0 Å². The number of benzene rings is 1. The van der Waals surface area contributed by atoms with Crippen LogP contribution in [0.2, 0.25) is 0 Å². The van der Waals surface area contributed by atoms with Crippen LogP contribution in [0.25, 0.3) is 10.9 Å². The van der Waals surface area contributed by atoms with Crippen LogP contribution in [0, 0.1) is 0 Å². The number of fused-ring (bicyclic) bond motifs is 1. The first-order chi connectivity index (χ1) is 7.45. The molecule has 0 aliphatic heterocycles. The molecule has 2 rings (SSSR count). The van der Waals surface area contributed by atoms with Crippen molar-refractivity contribution < 1.29 is 13.2 Å². The van der Waals surface area contributed by atoms with E-state index in [0.717, 1.165) is 6.07 Å². The van der Waals surface area contributed by atoms with Gasteiger partial charge >= 0.3 is 6.18 Å². The molecule has 86 valence electrons. The van der Waals surface area contributed by atoms with E-state index >= 15 is 0 Å². The fourth-order valence-electron chi connectivity index (χ4n) is 1.66. The molecule has 2 aromatic rings. The average Bonchev–Trinajstić information content (AvgIpc) is 2.54. The van der Waals surface area contributed by atoms with Crippen molar-refractivity contribution in [1.82, 2.24) is 9.78 Å². The van der Waals surface area contributed by atoms with Crippen LogP contribution in [0.1, 0.15) is 12.5 Å². The third-order valence-corrected chi connectivity index (χ3v) is 2.90. The molecular formula is C10H8BrF3N2. The minimum atomic E-state index is -4.36. The molecule has 0 N–H and O–H groups in total. The normalized spacial score (nSPS) is 12.3. The third kappa shape index (κ3) is 1.71. The molecule has 6 heteroatoms. The van der Waals surface area contributed by atoms with Crippen molar-refractivity contribution in [1.29, 1.82) is 0 Å². The van der Waals surface area contributed by atoms with E-state index in [-0.39, 0.29) is 9.99 Å². The second kappa shape index (κ2) is 3.76. The molecule has 0 saturated carbocycles. The van der Waals surface area contributed by atoms with Crippen molar-refractivity contribution in [2.75, 3.05) is 0 Å². The molecule has 0 radical (unpaired) electrons. The highest BCUT2D eigenvalue weighted by Gasteiger charge is 2.34. The van der Waals surface area contributed by atoms with Gasteiger partial charge in [-0.25, -0.2) is 0 Å². The Bertz CT molecular complexity index is 531. The summed E-state index contributed by atoms with van der Waals surface area (Å²) in [6.07, 6.45) is -4.36. The lowest BCUT2D eigenvalue weighted by Gasteiger charge is -2.08. The molecule has 2 nitrogen and oxygen atoms in total. The molecular weight excluding hydrogens is 285 g/mol. The van der Waals surface area contributed by atoms with Crippen molar-refractivity contribution >= 4 is 26.8 Å². The number of aryl methyl sites for hydroxylation is 1. The van der Waals surface area contributed by atoms with Crippen molar-refractivity contribution in [2.24, 2.45) is 0 Å². The summed E-state index contributed by atoms with van der Waals surface area (Å²) in [4.78, 5) is 0. The van der Waals surface area contributed by atoms with Crippen molar-refractivity contribution in [3.63, 3.8) is 0 Å². The van der Waals surface area contributed by atoms with Crippen LogP contribution in [0.5, 0.6) is 0 Å². The molecule has 0 aliphatic carbocycles. The van der Waals surface area contributed by atoms with Gasteiger partial charge in [0.1, 0.15) is 4.60 Å². The molecule has 0 aliphatic rings. The number of alkyl halides is 3. The van der Waals surface area contributed by atoms with Gasteiger partial charge < -0.3 is 0 Å². The molecule has 1 heterocycles. The highest BCUT2D eigenvalue weighted by atomic mass is 79.9. The maximum atomic E-state index is 12.8. The standard InChI is InChI=1S/C10H8BrF3N2/c1-2-16-7-5-3-4-6(10(12,13)14)8(7)9(11)15-16/h3-5H,2H2,1H3. The highest BCUT2D eigenvalue weighted by Crippen LogP contribution is 2.37.